The Bertz CT molecular complexity index is 574. The van der Waals surface area contributed by atoms with Crippen LogP contribution in [-0.2, 0) is 14.6 Å². The first-order valence-corrected chi connectivity index (χ1v) is 8.40. The zero-order valence-electron chi connectivity index (χ0n) is 11.7. The molecule has 0 fully saturated rings. The monoisotopic (exact) mass is 301 g/mol. The lowest BCUT2D eigenvalue weighted by Crippen LogP contribution is -2.39. The number of hydrogen-bond donors (Lipinski definition) is 1. The highest BCUT2D eigenvalue weighted by Crippen LogP contribution is 2.33. The molecule has 1 heterocycles. The van der Waals surface area contributed by atoms with Gasteiger partial charge < -0.3 is 10.1 Å². The smallest absolute Gasteiger partial charge is 0.178 e. The fourth-order valence-corrected chi connectivity index (χ4v) is 4.16. The average molecular weight is 301 g/mol. The molecule has 1 aliphatic heterocycles. The van der Waals surface area contributed by atoms with Crippen molar-refractivity contribution >= 4 is 9.84 Å². The normalized spacial score (nSPS) is 22.2. The fourth-order valence-electron chi connectivity index (χ4n) is 2.56. The van der Waals surface area contributed by atoms with Crippen molar-refractivity contribution in [2.75, 3.05) is 19.5 Å². The molecule has 2 atom stereocenters. The van der Waals surface area contributed by atoms with Crippen LogP contribution in [0.15, 0.2) is 23.1 Å². The number of rotatable bonds is 5. The molecule has 2 unspecified atom stereocenters. The van der Waals surface area contributed by atoms with E-state index in [4.69, 9.17) is 4.74 Å². The molecule has 0 radical (unpaired) electrons. The van der Waals surface area contributed by atoms with Crippen molar-refractivity contribution in [3.8, 4) is 0 Å². The van der Waals surface area contributed by atoms with Crippen LogP contribution >= 0.6 is 0 Å². The minimum absolute atomic E-state index is 0.0900. The Morgan fingerprint density at radius 2 is 2.25 bits per heavy atom. The molecule has 112 valence electrons. The van der Waals surface area contributed by atoms with Crippen molar-refractivity contribution in [2.45, 2.75) is 36.7 Å². The van der Waals surface area contributed by atoms with Crippen molar-refractivity contribution in [2.24, 2.45) is 0 Å². The molecule has 0 spiro atoms. The van der Waals surface area contributed by atoms with E-state index in [1.54, 1.807) is 7.11 Å². The molecule has 0 bridgehead atoms. The van der Waals surface area contributed by atoms with E-state index in [-0.39, 0.29) is 22.7 Å². The third-order valence-corrected chi connectivity index (χ3v) is 5.47. The van der Waals surface area contributed by atoms with E-state index in [1.807, 2.05) is 6.92 Å². The quantitative estimate of drug-likeness (QED) is 0.846. The third-order valence-electron chi connectivity index (χ3n) is 3.66. The SMILES string of the molecule is CCC(COC)NC1CCS(=O)(=O)c2ccc(F)cc21. The lowest BCUT2D eigenvalue weighted by Gasteiger charge is -2.30. The van der Waals surface area contributed by atoms with Gasteiger partial charge >= 0.3 is 0 Å². The van der Waals surface area contributed by atoms with Crippen LogP contribution in [0.5, 0.6) is 0 Å². The van der Waals surface area contributed by atoms with Crippen LogP contribution in [0.25, 0.3) is 0 Å². The third kappa shape index (κ3) is 3.19. The van der Waals surface area contributed by atoms with E-state index in [0.29, 0.717) is 18.6 Å². The molecule has 1 N–H and O–H groups in total. The summed E-state index contributed by atoms with van der Waals surface area (Å²) in [7, 11) is -1.66. The van der Waals surface area contributed by atoms with Crippen molar-refractivity contribution in [3.63, 3.8) is 0 Å². The standard InChI is InChI=1S/C14H20FNO3S/c1-3-11(9-19-2)16-13-6-7-20(17,18)14-5-4-10(15)8-12(13)14/h4-5,8,11,13,16H,3,6-7,9H2,1-2H3. The van der Waals surface area contributed by atoms with Gasteiger partial charge in [-0.1, -0.05) is 6.92 Å². The van der Waals surface area contributed by atoms with Crippen molar-refractivity contribution in [1.29, 1.82) is 0 Å². The summed E-state index contributed by atoms with van der Waals surface area (Å²) in [5, 5.41) is 3.37. The highest BCUT2D eigenvalue weighted by molar-refractivity contribution is 7.91. The summed E-state index contributed by atoms with van der Waals surface area (Å²) >= 11 is 0. The van der Waals surface area contributed by atoms with Crippen molar-refractivity contribution in [3.05, 3.63) is 29.6 Å². The van der Waals surface area contributed by atoms with Crippen LogP contribution in [0.3, 0.4) is 0 Å². The van der Waals surface area contributed by atoms with Crippen molar-refractivity contribution in [1.82, 2.24) is 5.32 Å². The topological polar surface area (TPSA) is 55.4 Å². The van der Waals surface area contributed by atoms with E-state index in [1.165, 1.54) is 18.2 Å². The number of hydrogen-bond acceptors (Lipinski definition) is 4. The molecule has 4 nitrogen and oxygen atoms in total. The maximum absolute atomic E-state index is 13.4. The molecular weight excluding hydrogens is 281 g/mol. The first-order chi connectivity index (χ1) is 9.47. The molecule has 1 aliphatic rings. The molecule has 0 aliphatic carbocycles. The number of ether oxygens (including phenoxy) is 1. The number of sulfone groups is 1. The highest BCUT2D eigenvalue weighted by atomic mass is 32.2. The van der Waals surface area contributed by atoms with Gasteiger partial charge in [-0.05, 0) is 36.6 Å². The Labute approximate surface area is 119 Å². The molecule has 1 aromatic rings. The van der Waals surface area contributed by atoms with Crippen LogP contribution < -0.4 is 5.32 Å². The summed E-state index contributed by atoms with van der Waals surface area (Å²) in [6.07, 6.45) is 1.32. The van der Waals surface area contributed by atoms with E-state index >= 15 is 0 Å². The van der Waals surface area contributed by atoms with E-state index in [0.717, 1.165) is 6.42 Å². The van der Waals surface area contributed by atoms with Gasteiger partial charge in [0.25, 0.3) is 0 Å². The van der Waals surface area contributed by atoms with Crippen LogP contribution in [0.2, 0.25) is 0 Å². The second-order valence-electron chi connectivity index (χ2n) is 5.07. The van der Waals surface area contributed by atoms with Gasteiger partial charge in [-0.3, -0.25) is 0 Å². The predicted octanol–water partition coefficient (Wildman–Crippen LogP) is 2.06. The van der Waals surface area contributed by atoms with Gasteiger partial charge in [0.1, 0.15) is 5.82 Å². The predicted molar refractivity (Wildman–Crippen MR) is 74.9 cm³/mol. The Kier molecular flexibility index (Phi) is 4.78. The Morgan fingerprint density at radius 3 is 2.90 bits per heavy atom. The van der Waals surface area contributed by atoms with Crippen LogP contribution in [0.4, 0.5) is 4.39 Å². The van der Waals surface area contributed by atoms with Crippen LogP contribution in [0.1, 0.15) is 31.4 Å². The summed E-state index contributed by atoms with van der Waals surface area (Å²) in [6.45, 7) is 2.58. The number of fused-ring (bicyclic) bond motifs is 1. The van der Waals surface area contributed by atoms with Crippen LogP contribution in [0, 0.1) is 5.82 Å². The van der Waals surface area contributed by atoms with Gasteiger partial charge in [0.05, 0.1) is 17.3 Å². The van der Waals surface area contributed by atoms with Gasteiger partial charge in [0, 0.05) is 19.2 Å². The van der Waals surface area contributed by atoms with Gasteiger partial charge in [-0.25, -0.2) is 12.8 Å². The van der Waals surface area contributed by atoms with Gasteiger partial charge in [-0.15, -0.1) is 0 Å². The van der Waals surface area contributed by atoms with Crippen molar-refractivity contribution < 1.29 is 17.5 Å². The highest BCUT2D eigenvalue weighted by Gasteiger charge is 2.31. The molecule has 6 heteroatoms. The Hall–Kier alpha value is -0.980. The summed E-state index contributed by atoms with van der Waals surface area (Å²) in [6, 6.07) is 3.87. The summed E-state index contributed by atoms with van der Waals surface area (Å²) in [5.74, 6) is -0.320. The second kappa shape index (κ2) is 6.20. The summed E-state index contributed by atoms with van der Waals surface area (Å²) in [5.41, 5.74) is 0.533. The van der Waals surface area contributed by atoms with Gasteiger partial charge in [0.15, 0.2) is 9.84 Å². The summed E-state index contributed by atoms with van der Waals surface area (Å²) in [4.78, 5) is 0.245. The lowest BCUT2D eigenvalue weighted by molar-refractivity contribution is 0.157. The molecule has 0 saturated heterocycles. The molecule has 20 heavy (non-hydrogen) atoms. The van der Waals surface area contributed by atoms with Gasteiger partial charge in [0.2, 0.25) is 0 Å². The maximum atomic E-state index is 13.4. The molecule has 2 rings (SSSR count). The molecule has 0 saturated carbocycles. The molecule has 0 amide bonds. The van der Waals surface area contributed by atoms with Crippen LogP contribution in [-0.4, -0.2) is 33.9 Å². The van der Waals surface area contributed by atoms with E-state index in [2.05, 4.69) is 5.32 Å². The zero-order chi connectivity index (χ0) is 14.8. The molecule has 0 aromatic heterocycles. The molecular formula is C14H20FNO3S. The maximum Gasteiger partial charge on any atom is 0.178 e. The van der Waals surface area contributed by atoms with E-state index < -0.39 is 15.7 Å². The second-order valence-corrected chi connectivity index (χ2v) is 7.15. The minimum atomic E-state index is -3.28. The number of halogens is 1. The first-order valence-electron chi connectivity index (χ1n) is 6.75. The lowest BCUT2D eigenvalue weighted by atomic mass is 10.0. The zero-order valence-corrected chi connectivity index (χ0v) is 12.5. The number of nitrogens with one attached hydrogen (secondary N) is 1. The Balaban J connectivity index is 2.31. The van der Waals surface area contributed by atoms with Gasteiger partial charge in [-0.2, -0.15) is 0 Å². The number of benzene rings is 1. The largest absolute Gasteiger partial charge is 0.383 e. The minimum Gasteiger partial charge on any atom is -0.383 e. The van der Waals surface area contributed by atoms with E-state index in [9.17, 15) is 12.8 Å². The fraction of sp³-hybridized carbons (Fsp3) is 0.571. The average Bonchev–Trinajstić information content (AvgIpc) is 2.41. The Morgan fingerprint density at radius 1 is 1.50 bits per heavy atom. The number of methoxy groups -OCH3 is 1. The first kappa shape index (κ1) is 15.4. The summed E-state index contributed by atoms with van der Waals surface area (Å²) < 4.78 is 42.6. The molecule has 1 aromatic carbocycles.